The van der Waals surface area contributed by atoms with Crippen molar-refractivity contribution in [2.24, 2.45) is 4.99 Å². The molecule has 0 saturated heterocycles. The van der Waals surface area contributed by atoms with E-state index in [0.29, 0.717) is 12.1 Å². The number of aromatic nitrogens is 1. The predicted molar refractivity (Wildman–Crippen MR) is 106 cm³/mol. The van der Waals surface area contributed by atoms with Crippen LogP contribution in [0, 0.1) is 0 Å². The number of carbonyl (C=O) groups excluding carboxylic acids is 1. The molecule has 0 spiro atoms. The fourth-order valence-corrected chi connectivity index (χ4v) is 3.54. The number of benzene rings is 2. The predicted octanol–water partition coefficient (Wildman–Crippen LogP) is 1.51. The van der Waals surface area contributed by atoms with Crippen LogP contribution >= 0.6 is 11.3 Å². The third kappa shape index (κ3) is 4.64. The minimum atomic E-state index is 0. The van der Waals surface area contributed by atoms with Crippen LogP contribution in [0.5, 0.6) is 5.75 Å². The summed E-state index contributed by atoms with van der Waals surface area (Å²) in [5.74, 6) is 0.872. The number of ether oxygens (including phenoxy) is 1. The largest absolute Gasteiger partial charge is 1.00 e. The number of carbonyl (C=O) groups is 1. The third-order valence-electron chi connectivity index (χ3n) is 3.98. The van der Waals surface area contributed by atoms with E-state index in [1.54, 1.807) is 31.4 Å². The van der Waals surface area contributed by atoms with E-state index in [2.05, 4.69) is 21.5 Å². The van der Waals surface area contributed by atoms with Crippen molar-refractivity contribution < 1.29 is 26.5 Å². The Morgan fingerprint density at radius 2 is 1.85 bits per heavy atom. The van der Waals surface area contributed by atoms with Gasteiger partial charge >= 0.3 is 0 Å². The van der Waals surface area contributed by atoms with Gasteiger partial charge < -0.3 is 21.7 Å². The molecule has 1 aromatic heterocycles. The molecule has 3 aromatic rings. The summed E-state index contributed by atoms with van der Waals surface area (Å²) in [6.07, 6.45) is 1.77. The topological polar surface area (TPSA) is 43.6 Å². The smallest absolute Gasteiger partial charge is 0.190 e. The molecule has 0 atom stereocenters. The summed E-state index contributed by atoms with van der Waals surface area (Å²) in [6.45, 7) is 5.86. The zero-order chi connectivity index (χ0) is 18.5. The lowest BCUT2D eigenvalue weighted by atomic mass is 10.1. The summed E-state index contributed by atoms with van der Waals surface area (Å²) in [7, 11) is 1.66. The van der Waals surface area contributed by atoms with E-state index in [-0.39, 0.29) is 22.8 Å². The number of rotatable bonds is 6. The first-order valence-corrected chi connectivity index (χ1v) is 9.09. The van der Waals surface area contributed by atoms with Crippen molar-refractivity contribution in [3.63, 3.8) is 0 Å². The molecule has 0 aliphatic carbocycles. The van der Waals surface area contributed by atoms with Gasteiger partial charge in [-0.1, -0.05) is 6.08 Å². The van der Waals surface area contributed by atoms with E-state index in [0.717, 1.165) is 27.5 Å². The van der Waals surface area contributed by atoms with Crippen LogP contribution in [0.2, 0.25) is 0 Å². The second-order valence-corrected chi connectivity index (χ2v) is 6.54. The molecular formula is C21H20BrN2O2S-. The lowest BCUT2D eigenvalue weighted by Crippen LogP contribution is -3.00. The Morgan fingerprint density at radius 1 is 1.19 bits per heavy atom. The van der Waals surface area contributed by atoms with Gasteiger partial charge in [0.15, 0.2) is 10.6 Å². The molecule has 0 saturated carbocycles. The van der Waals surface area contributed by atoms with Gasteiger partial charge in [0, 0.05) is 16.6 Å². The van der Waals surface area contributed by atoms with Crippen molar-refractivity contribution in [3.05, 3.63) is 76.9 Å². The number of hydrogen-bond donors (Lipinski definition) is 0. The van der Waals surface area contributed by atoms with Gasteiger partial charge in [-0.3, -0.25) is 14.4 Å². The summed E-state index contributed by atoms with van der Waals surface area (Å²) in [6, 6.07) is 15.5. The van der Waals surface area contributed by atoms with Crippen molar-refractivity contribution in [1.82, 2.24) is 4.57 Å². The number of ketones is 1. The Hall–Kier alpha value is -2.44. The van der Waals surface area contributed by atoms with E-state index in [9.17, 15) is 4.79 Å². The zero-order valence-corrected chi connectivity index (χ0v) is 17.6. The molecule has 0 amide bonds. The average molecular weight is 444 g/mol. The molecule has 4 nitrogen and oxygen atoms in total. The Kier molecular flexibility index (Phi) is 7.33. The average Bonchev–Trinajstić information content (AvgIpc) is 3.10. The summed E-state index contributed by atoms with van der Waals surface area (Å²) in [4.78, 5) is 17.0. The molecule has 0 unspecified atom stereocenters. The first kappa shape index (κ1) is 20.9. The highest BCUT2D eigenvalue weighted by molar-refractivity contribution is 7.07. The Labute approximate surface area is 173 Å². The van der Waals surface area contributed by atoms with E-state index in [1.165, 1.54) is 0 Å². The quantitative estimate of drug-likeness (QED) is 0.428. The summed E-state index contributed by atoms with van der Waals surface area (Å²) >= 11 is 1.58. The Bertz CT molecular complexity index is 986. The van der Waals surface area contributed by atoms with Crippen molar-refractivity contribution in [3.8, 4) is 22.7 Å². The van der Waals surface area contributed by atoms with E-state index < -0.39 is 0 Å². The Morgan fingerprint density at radius 3 is 2.41 bits per heavy atom. The molecule has 2 aromatic carbocycles. The fraction of sp³-hybridized carbons (Fsp3) is 0.143. The highest BCUT2D eigenvalue weighted by Crippen LogP contribution is 2.25. The van der Waals surface area contributed by atoms with Gasteiger partial charge in [-0.15, -0.1) is 17.9 Å². The fourth-order valence-electron chi connectivity index (χ4n) is 2.62. The number of methoxy groups -OCH3 is 1. The van der Waals surface area contributed by atoms with Crippen LogP contribution in [0.25, 0.3) is 16.9 Å². The third-order valence-corrected chi connectivity index (χ3v) is 4.85. The SMILES string of the molecule is C=CCN=c1scc(-c2ccc(OC)cc2)n1-c1ccc(C(C)=O)cc1.[Br-]. The highest BCUT2D eigenvalue weighted by atomic mass is 79.9. The number of thiazole rings is 1. The molecule has 0 N–H and O–H groups in total. The standard InChI is InChI=1S/C21H20N2O2S.BrH/c1-4-13-22-21-23(18-9-5-16(6-10-18)15(2)24)20(14-26-21)17-7-11-19(25-3)12-8-17;/h4-12,14H,1,13H2,2-3H3;1H/p-1. The maximum atomic E-state index is 11.6. The maximum Gasteiger partial charge on any atom is 0.190 e. The number of halogens is 1. The summed E-state index contributed by atoms with van der Waals surface area (Å²) in [5.41, 5.74) is 3.76. The molecule has 0 aliphatic heterocycles. The van der Waals surface area contributed by atoms with Crippen LogP contribution in [0.1, 0.15) is 17.3 Å². The number of nitrogens with zero attached hydrogens (tertiary/aromatic N) is 2. The highest BCUT2D eigenvalue weighted by Gasteiger charge is 2.11. The van der Waals surface area contributed by atoms with Gasteiger partial charge in [0.05, 0.1) is 19.3 Å². The molecule has 0 bridgehead atoms. The van der Waals surface area contributed by atoms with E-state index >= 15 is 0 Å². The number of hydrogen-bond acceptors (Lipinski definition) is 4. The minimum Gasteiger partial charge on any atom is -1.00 e. The lowest BCUT2D eigenvalue weighted by Gasteiger charge is -2.10. The Balaban J connectivity index is 0.00000261. The van der Waals surface area contributed by atoms with Gasteiger partial charge in [-0.25, -0.2) is 0 Å². The van der Waals surface area contributed by atoms with Gasteiger partial charge in [-0.05, 0) is 61.0 Å². The molecule has 27 heavy (non-hydrogen) atoms. The van der Waals surface area contributed by atoms with E-state index in [1.807, 2.05) is 48.5 Å². The molecule has 0 fully saturated rings. The van der Waals surface area contributed by atoms with Gasteiger partial charge in [0.25, 0.3) is 0 Å². The molecular weight excluding hydrogens is 424 g/mol. The molecule has 0 radical (unpaired) electrons. The van der Waals surface area contributed by atoms with E-state index in [4.69, 9.17) is 4.74 Å². The monoisotopic (exact) mass is 443 g/mol. The summed E-state index contributed by atoms with van der Waals surface area (Å²) in [5, 5.41) is 2.09. The van der Waals surface area contributed by atoms with Gasteiger partial charge in [0.1, 0.15) is 5.75 Å². The van der Waals surface area contributed by atoms with Crippen LogP contribution in [0.4, 0.5) is 0 Å². The van der Waals surface area contributed by atoms with Crippen LogP contribution < -0.4 is 26.5 Å². The minimum absolute atomic E-state index is 0. The van der Waals surface area contributed by atoms with Crippen molar-refractivity contribution in [2.45, 2.75) is 6.92 Å². The zero-order valence-electron chi connectivity index (χ0n) is 15.2. The molecule has 6 heteroatoms. The van der Waals surface area contributed by atoms with Crippen molar-refractivity contribution >= 4 is 17.1 Å². The first-order valence-electron chi connectivity index (χ1n) is 8.21. The van der Waals surface area contributed by atoms with Gasteiger partial charge in [0.2, 0.25) is 0 Å². The van der Waals surface area contributed by atoms with Gasteiger partial charge in [-0.2, -0.15) is 0 Å². The molecule has 1 heterocycles. The normalized spacial score (nSPS) is 11.0. The second-order valence-electron chi connectivity index (χ2n) is 5.70. The first-order chi connectivity index (χ1) is 12.6. The van der Waals surface area contributed by atoms with Crippen LogP contribution in [0.3, 0.4) is 0 Å². The molecule has 3 rings (SSSR count). The maximum absolute atomic E-state index is 11.6. The van der Waals surface area contributed by atoms with Crippen molar-refractivity contribution in [1.29, 1.82) is 0 Å². The summed E-state index contributed by atoms with van der Waals surface area (Å²) < 4.78 is 7.35. The van der Waals surface area contributed by atoms with Crippen molar-refractivity contribution in [2.75, 3.05) is 13.7 Å². The number of Topliss-reactive ketones (excluding diaryl/α,β-unsaturated/α-hetero) is 1. The lowest BCUT2D eigenvalue weighted by molar-refractivity contribution is -0.0000135. The van der Waals surface area contributed by atoms with Crippen LogP contribution in [-0.2, 0) is 0 Å². The molecule has 140 valence electrons. The molecule has 0 aliphatic rings. The van der Waals surface area contributed by atoms with Crippen LogP contribution in [-0.4, -0.2) is 24.0 Å². The van der Waals surface area contributed by atoms with Crippen LogP contribution in [0.15, 0.2) is 71.6 Å². The second kappa shape index (κ2) is 9.48.